The molecule has 0 radical (unpaired) electrons. The van der Waals surface area contributed by atoms with Crippen molar-refractivity contribution in [2.24, 2.45) is 29.4 Å². The molecule has 6 heteroatoms. The Kier molecular flexibility index (Phi) is 5.75. The maximum absolute atomic E-state index is 13.6. The van der Waals surface area contributed by atoms with Gasteiger partial charge in [0.15, 0.2) is 5.78 Å². The number of fused-ring (bicyclic) bond motifs is 1. The first-order valence-electron chi connectivity index (χ1n) is 9.92. The summed E-state index contributed by atoms with van der Waals surface area (Å²) in [6.45, 7) is 7.36. The standard InChI is InChI=1S/C21H31N3O3/c1-12(2)15-6-5-13(3)9-16(15)20(25)17-10-14(27-4)11-18-19(17)23-21(26)24(18)8-7-22/h10-13,15-16H,5-9,22H2,1-4H3,(H,23,26). The second-order valence-corrected chi connectivity index (χ2v) is 8.24. The number of nitrogens with two attached hydrogens (primary N) is 1. The van der Waals surface area contributed by atoms with E-state index in [1.165, 1.54) is 6.42 Å². The van der Waals surface area contributed by atoms with Crippen LogP contribution in [0.5, 0.6) is 5.75 Å². The van der Waals surface area contributed by atoms with Crippen molar-refractivity contribution in [1.82, 2.24) is 9.55 Å². The molecule has 2 aromatic rings. The Bertz CT molecular complexity index is 881. The highest BCUT2D eigenvalue weighted by Crippen LogP contribution is 2.40. The van der Waals surface area contributed by atoms with Gasteiger partial charge in [0, 0.05) is 30.6 Å². The van der Waals surface area contributed by atoms with Crippen molar-refractivity contribution in [3.63, 3.8) is 0 Å². The van der Waals surface area contributed by atoms with E-state index in [9.17, 15) is 9.59 Å². The lowest BCUT2D eigenvalue weighted by Crippen LogP contribution is -2.33. The third-order valence-electron chi connectivity index (χ3n) is 6.07. The number of Topliss-reactive ketones (excluding diaryl/α,β-unsaturated/α-hetero) is 1. The molecular formula is C21H31N3O3. The number of H-pyrrole nitrogens is 1. The summed E-state index contributed by atoms with van der Waals surface area (Å²) >= 11 is 0. The minimum atomic E-state index is -0.241. The van der Waals surface area contributed by atoms with Gasteiger partial charge >= 0.3 is 5.69 Å². The predicted octanol–water partition coefficient (Wildman–Crippen LogP) is 3.19. The van der Waals surface area contributed by atoms with Gasteiger partial charge in [-0.15, -0.1) is 0 Å². The molecule has 0 saturated heterocycles. The van der Waals surface area contributed by atoms with Crippen molar-refractivity contribution >= 4 is 16.8 Å². The number of aromatic amines is 1. The van der Waals surface area contributed by atoms with Crippen LogP contribution in [-0.4, -0.2) is 29.0 Å². The second-order valence-electron chi connectivity index (χ2n) is 8.24. The van der Waals surface area contributed by atoms with E-state index >= 15 is 0 Å². The Morgan fingerprint density at radius 1 is 1.37 bits per heavy atom. The van der Waals surface area contributed by atoms with Gasteiger partial charge in [0.05, 0.1) is 18.1 Å². The minimum Gasteiger partial charge on any atom is -0.497 e. The number of hydrogen-bond donors (Lipinski definition) is 2. The molecule has 148 valence electrons. The number of rotatable bonds is 6. The molecular weight excluding hydrogens is 342 g/mol. The SMILES string of the molecule is COc1cc(C(=O)C2CC(C)CCC2C(C)C)c2[nH]c(=O)n(CCN)c2c1. The topological polar surface area (TPSA) is 90.1 Å². The van der Waals surface area contributed by atoms with Gasteiger partial charge in [0.2, 0.25) is 0 Å². The number of carbonyl (C=O) groups excluding carboxylic acids is 1. The fraction of sp³-hybridized carbons (Fsp3) is 0.619. The second kappa shape index (κ2) is 7.89. The van der Waals surface area contributed by atoms with Crippen LogP contribution in [0.3, 0.4) is 0 Å². The number of ether oxygens (including phenoxy) is 1. The number of methoxy groups -OCH3 is 1. The normalized spacial score (nSPS) is 23.1. The Hall–Kier alpha value is -2.08. The lowest BCUT2D eigenvalue weighted by atomic mass is 9.67. The van der Waals surface area contributed by atoms with Crippen molar-refractivity contribution in [2.75, 3.05) is 13.7 Å². The van der Waals surface area contributed by atoms with Gasteiger partial charge in [0.1, 0.15) is 5.75 Å². The van der Waals surface area contributed by atoms with Crippen molar-refractivity contribution in [1.29, 1.82) is 0 Å². The predicted molar refractivity (Wildman–Crippen MR) is 107 cm³/mol. The van der Waals surface area contributed by atoms with Crippen LogP contribution >= 0.6 is 0 Å². The number of hydrogen-bond acceptors (Lipinski definition) is 4. The molecule has 0 amide bonds. The summed E-state index contributed by atoms with van der Waals surface area (Å²) in [4.78, 5) is 28.9. The largest absolute Gasteiger partial charge is 0.497 e. The maximum Gasteiger partial charge on any atom is 0.326 e. The van der Waals surface area contributed by atoms with E-state index in [2.05, 4.69) is 25.8 Å². The minimum absolute atomic E-state index is 0.0228. The maximum atomic E-state index is 13.6. The van der Waals surface area contributed by atoms with Crippen LogP contribution in [0, 0.1) is 23.7 Å². The first-order valence-corrected chi connectivity index (χ1v) is 9.92. The average molecular weight is 373 g/mol. The fourth-order valence-corrected chi connectivity index (χ4v) is 4.60. The number of carbonyl (C=O) groups is 1. The Labute approximate surface area is 160 Å². The molecule has 6 nitrogen and oxygen atoms in total. The van der Waals surface area contributed by atoms with Gasteiger partial charge in [-0.25, -0.2) is 4.79 Å². The van der Waals surface area contributed by atoms with Crippen LogP contribution in [0.4, 0.5) is 0 Å². The van der Waals surface area contributed by atoms with Crippen LogP contribution in [0.2, 0.25) is 0 Å². The van der Waals surface area contributed by atoms with Crippen molar-refractivity contribution in [3.8, 4) is 5.75 Å². The number of nitrogens with one attached hydrogen (secondary N) is 1. The van der Waals surface area contributed by atoms with Gasteiger partial charge in [-0.3, -0.25) is 9.36 Å². The van der Waals surface area contributed by atoms with Crippen LogP contribution in [-0.2, 0) is 6.54 Å². The molecule has 3 unspecified atom stereocenters. The molecule has 3 N–H and O–H groups in total. The third-order valence-corrected chi connectivity index (χ3v) is 6.07. The van der Waals surface area contributed by atoms with E-state index < -0.39 is 0 Å². The van der Waals surface area contributed by atoms with Crippen molar-refractivity contribution in [3.05, 3.63) is 28.2 Å². The van der Waals surface area contributed by atoms with E-state index in [0.717, 1.165) is 12.8 Å². The first-order chi connectivity index (χ1) is 12.9. The van der Waals surface area contributed by atoms with E-state index in [1.807, 2.05) is 0 Å². The monoisotopic (exact) mass is 373 g/mol. The first kappa shape index (κ1) is 19.7. The molecule has 3 atom stereocenters. The zero-order valence-electron chi connectivity index (χ0n) is 16.7. The van der Waals surface area contributed by atoms with Gasteiger partial charge in [0.25, 0.3) is 0 Å². The molecule has 0 bridgehead atoms. The molecule has 0 aliphatic heterocycles. The van der Waals surface area contributed by atoms with Crippen LogP contribution in [0.15, 0.2) is 16.9 Å². The highest BCUT2D eigenvalue weighted by atomic mass is 16.5. The Balaban J connectivity index is 2.13. The fourth-order valence-electron chi connectivity index (χ4n) is 4.60. The Morgan fingerprint density at radius 3 is 2.74 bits per heavy atom. The van der Waals surface area contributed by atoms with E-state index in [1.54, 1.807) is 23.8 Å². The molecule has 1 aliphatic rings. The summed E-state index contributed by atoms with van der Waals surface area (Å²) < 4.78 is 7.01. The lowest BCUT2D eigenvalue weighted by Gasteiger charge is -2.36. The summed E-state index contributed by atoms with van der Waals surface area (Å²) in [6.07, 6.45) is 3.14. The molecule has 1 saturated carbocycles. The molecule has 1 fully saturated rings. The molecule has 1 heterocycles. The van der Waals surface area contributed by atoms with Crippen molar-refractivity contribution in [2.45, 2.75) is 46.6 Å². The summed E-state index contributed by atoms with van der Waals surface area (Å²) in [5.41, 5.74) is 7.25. The number of nitrogens with zero attached hydrogens (tertiary/aromatic N) is 1. The highest BCUT2D eigenvalue weighted by Gasteiger charge is 2.36. The molecule has 27 heavy (non-hydrogen) atoms. The summed E-state index contributed by atoms with van der Waals surface area (Å²) in [5.74, 6) is 2.04. The molecule has 3 rings (SSSR count). The smallest absolute Gasteiger partial charge is 0.326 e. The number of imidazole rings is 1. The zero-order valence-corrected chi connectivity index (χ0v) is 16.7. The average Bonchev–Trinajstić information content (AvgIpc) is 2.95. The number of ketones is 1. The van der Waals surface area contributed by atoms with E-state index in [4.69, 9.17) is 10.5 Å². The quantitative estimate of drug-likeness (QED) is 0.761. The van der Waals surface area contributed by atoms with Gasteiger partial charge in [-0.05, 0) is 36.7 Å². The van der Waals surface area contributed by atoms with Crippen LogP contribution in [0.1, 0.15) is 50.4 Å². The van der Waals surface area contributed by atoms with E-state index in [0.29, 0.717) is 53.2 Å². The van der Waals surface area contributed by atoms with Crippen LogP contribution < -0.4 is 16.2 Å². The molecule has 1 aliphatic carbocycles. The summed E-state index contributed by atoms with van der Waals surface area (Å²) in [5, 5.41) is 0. The Morgan fingerprint density at radius 2 is 2.11 bits per heavy atom. The highest BCUT2D eigenvalue weighted by molar-refractivity contribution is 6.08. The van der Waals surface area contributed by atoms with Gasteiger partial charge in [-0.2, -0.15) is 0 Å². The molecule has 1 aromatic heterocycles. The molecule has 1 aromatic carbocycles. The zero-order chi connectivity index (χ0) is 19.7. The number of aromatic nitrogens is 2. The van der Waals surface area contributed by atoms with Gasteiger partial charge in [-0.1, -0.05) is 27.2 Å². The van der Waals surface area contributed by atoms with Gasteiger partial charge < -0.3 is 15.5 Å². The third kappa shape index (κ3) is 3.68. The molecule has 0 spiro atoms. The van der Waals surface area contributed by atoms with Crippen LogP contribution in [0.25, 0.3) is 11.0 Å². The van der Waals surface area contributed by atoms with E-state index in [-0.39, 0.29) is 17.4 Å². The lowest BCUT2D eigenvalue weighted by molar-refractivity contribution is 0.0725. The summed E-state index contributed by atoms with van der Waals surface area (Å²) in [7, 11) is 1.58. The van der Waals surface area contributed by atoms with Crippen molar-refractivity contribution < 1.29 is 9.53 Å². The number of benzene rings is 1. The summed E-state index contributed by atoms with van der Waals surface area (Å²) in [6, 6.07) is 3.56.